The number of aryl methyl sites for hydroxylation is 1. The molecule has 0 unspecified atom stereocenters. The fourth-order valence-corrected chi connectivity index (χ4v) is 3.09. The zero-order chi connectivity index (χ0) is 14.9. The Balaban J connectivity index is 1.71. The molecule has 0 saturated carbocycles. The van der Waals surface area contributed by atoms with Crippen molar-refractivity contribution in [3.63, 3.8) is 0 Å². The molecule has 21 heavy (non-hydrogen) atoms. The molecule has 1 aromatic rings. The first-order chi connectivity index (χ1) is 10.3. The maximum Gasteiger partial charge on any atom is 0.132 e. The lowest BCUT2D eigenvalue weighted by Crippen LogP contribution is -2.09. The molecule has 0 aromatic carbocycles. The van der Waals surface area contributed by atoms with E-state index in [4.69, 9.17) is 0 Å². The van der Waals surface area contributed by atoms with E-state index < -0.39 is 0 Å². The molecular weight excluding hydrogens is 258 g/mol. The van der Waals surface area contributed by atoms with Gasteiger partial charge in [0, 0.05) is 17.8 Å². The fourth-order valence-electron chi connectivity index (χ4n) is 3.09. The summed E-state index contributed by atoms with van der Waals surface area (Å²) in [6.07, 6.45) is 14.6. The number of aromatic nitrogens is 2. The molecule has 0 amide bonds. The molecule has 0 bridgehead atoms. The molecule has 3 heteroatoms. The van der Waals surface area contributed by atoms with Crippen LogP contribution in [-0.2, 0) is 12.8 Å². The summed E-state index contributed by atoms with van der Waals surface area (Å²) in [4.78, 5) is 8.94. The number of hydrogen-bond donors (Lipinski definition) is 1. The van der Waals surface area contributed by atoms with Crippen molar-refractivity contribution in [2.45, 2.75) is 78.1 Å². The van der Waals surface area contributed by atoms with E-state index in [1.807, 2.05) is 0 Å². The van der Waals surface area contributed by atoms with E-state index >= 15 is 0 Å². The van der Waals surface area contributed by atoms with Gasteiger partial charge in [-0.3, -0.25) is 0 Å². The highest BCUT2D eigenvalue weighted by Crippen LogP contribution is 2.23. The van der Waals surface area contributed by atoms with Crippen LogP contribution in [0.4, 0.5) is 5.82 Å². The molecule has 0 atom stereocenters. The summed E-state index contributed by atoms with van der Waals surface area (Å²) in [6.45, 7) is 5.66. The second-order valence-corrected chi connectivity index (χ2v) is 6.73. The molecule has 118 valence electrons. The van der Waals surface area contributed by atoms with Gasteiger partial charge in [-0.2, -0.15) is 0 Å². The zero-order valence-electron chi connectivity index (χ0n) is 13.8. The first-order valence-electron chi connectivity index (χ1n) is 8.84. The summed E-state index contributed by atoms with van der Waals surface area (Å²) >= 11 is 0. The molecule has 2 rings (SSSR count). The number of nitrogens with zero attached hydrogens (tertiary/aromatic N) is 2. The lowest BCUT2D eigenvalue weighted by molar-refractivity contribution is 0.523. The van der Waals surface area contributed by atoms with Crippen LogP contribution in [0, 0.1) is 5.92 Å². The number of fused-ring (bicyclic) bond motifs is 1. The molecule has 1 N–H and O–H groups in total. The van der Waals surface area contributed by atoms with Gasteiger partial charge in [0.25, 0.3) is 0 Å². The Morgan fingerprint density at radius 1 is 1.00 bits per heavy atom. The van der Waals surface area contributed by atoms with Crippen molar-refractivity contribution in [2.24, 2.45) is 5.92 Å². The molecule has 0 saturated heterocycles. The first-order valence-corrected chi connectivity index (χ1v) is 8.84. The average molecular weight is 289 g/mol. The highest BCUT2D eigenvalue weighted by atomic mass is 15.0. The maximum absolute atomic E-state index is 4.47. The summed E-state index contributed by atoms with van der Waals surface area (Å²) in [5.74, 6) is 1.95. The number of unbranched alkanes of at least 4 members (excludes halogenated alkanes) is 3. The zero-order valence-corrected chi connectivity index (χ0v) is 13.8. The topological polar surface area (TPSA) is 37.8 Å². The lowest BCUT2D eigenvalue weighted by Gasteiger charge is -2.12. The normalized spacial score (nSPS) is 14.8. The highest BCUT2D eigenvalue weighted by molar-refractivity contribution is 5.46. The van der Waals surface area contributed by atoms with Crippen LogP contribution in [0.15, 0.2) is 6.33 Å². The predicted molar refractivity (Wildman–Crippen MR) is 89.7 cm³/mol. The molecule has 3 nitrogen and oxygen atoms in total. The van der Waals surface area contributed by atoms with Gasteiger partial charge < -0.3 is 5.32 Å². The minimum atomic E-state index is 0.847. The van der Waals surface area contributed by atoms with Gasteiger partial charge >= 0.3 is 0 Å². The highest BCUT2D eigenvalue weighted by Gasteiger charge is 2.13. The predicted octanol–water partition coefficient (Wildman–Crippen LogP) is 4.76. The molecular formula is C18H31N3. The largest absolute Gasteiger partial charge is 0.370 e. The Labute approximate surface area is 130 Å². The molecule has 1 heterocycles. The van der Waals surface area contributed by atoms with Crippen molar-refractivity contribution in [2.75, 3.05) is 11.9 Å². The first kappa shape index (κ1) is 16.3. The minimum Gasteiger partial charge on any atom is -0.370 e. The van der Waals surface area contributed by atoms with Crippen LogP contribution in [0.25, 0.3) is 0 Å². The quantitative estimate of drug-likeness (QED) is 0.553. The average Bonchev–Trinajstić information content (AvgIpc) is 2.71. The van der Waals surface area contributed by atoms with E-state index in [-0.39, 0.29) is 0 Å². The number of nitrogens with one attached hydrogen (secondary N) is 1. The maximum atomic E-state index is 4.47. The molecule has 1 aromatic heterocycles. The van der Waals surface area contributed by atoms with Crippen molar-refractivity contribution < 1.29 is 0 Å². The summed E-state index contributed by atoms with van der Waals surface area (Å²) in [7, 11) is 0. The van der Waals surface area contributed by atoms with E-state index in [1.165, 1.54) is 62.6 Å². The van der Waals surface area contributed by atoms with Crippen LogP contribution in [-0.4, -0.2) is 16.5 Å². The van der Waals surface area contributed by atoms with Gasteiger partial charge in [-0.05, 0) is 38.0 Å². The number of anilines is 1. The number of hydrogen-bond acceptors (Lipinski definition) is 3. The van der Waals surface area contributed by atoms with E-state index in [1.54, 1.807) is 6.33 Å². The Kier molecular flexibility index (Phi) is 6.98. The fraction of sp³-hybridized carbons (Fsp3) is 0.778. The Bertz CT molecular complexity index is 415. The van der Waals surface area contributed by atoms with Gasteiger partial charge in [-0.1, -0.05) is 46.0 Å². The third-order valence-electron chi connectivity index (χ3n) is 4.38. The van der Waals surface area contributed by atoms with Gasteiger partial charge in [0.2, 0.25) is 0 Å². The number of rotatable bonds is 8. The van der Waals surface area contributed by atoms with Crippen LogP contribution >= 0.6 is 0 Å². The lowest BCUT2D eigenvalue weighted by atomic mass is 10.0. The van der Waals surface area contributed by atoms with Gasteiger partial charge in [0.05, 0.1) is 0 Å². The van der Waals surface area contributed by atoms with E-state index in [0.717, 1.165) is 31.1 Å². The molecule has 1 aliphatic carbocycles. The van der Waals surface area contributed by atoms with Gasteiger partial charge in [0.15, 0.2) is 0 Å². The van der Waals surface area contributed by atoms with Crippen LogP contribution in [0.3, 0.4) is 0 Å². The van der Waals surface area contributed by atoms with Crippen LogP contribution in [0.1, 0.15) is 76.5 Å². The summed E-state index contributed by atoms with van der Waals surface area (Å²) in [5.41, 5.74) is 2.66. The van der Waals surface area contributed by atoms with Crippen molar-refractivity contribution >= 4 is 5.82 Å². The summed E-state index contributed by atoms with van der Waals surface area (Å²) in [5, 5.41) is 3.55. The van der Waals surface area contributed by atoms with Crippen LogP contribution < -0.4 is 5.32 Å². The SMILES string of the molecule is CC(C)CCCCCCNc1ncnc2c1CCCCC2. The minimum absolute atomic E-state index is 0.847. The molecule has 1 aliphatic rings. The Hall–Kier alpha value is -1.12. The van der Waals surface area contributed by atoms with E-state index in [0.29, 0.717) is 0 Å². The molecule has 0 aliphatic heterocycles. The smallest absolute Gasteiger partial charge is 0.132 e. The van der Waals surface area contributed by atoms with Crippen molar-refractivity contribution in [1.29, 1.82) is 0 Å². The van der Waals surface area contributed by atoms with Crippen molar-refractivity contribution in [3.8, 4) is 0 Å². The molecule has 0 radical (unpaired) electrons. The van der Waals surface area contributed by atoms with Gasteiger partial charge in [0.1, 0.15) is 12.1 Å². The second kappa shape index (κ2) is 9.01. The third kappa shape index (κ3) is 5.64. The Morgan fingerprint density at radius 2 is 1.81 bits per heavy atom. The van der Waals surface area contributed by atoms with Crippen LogP contribution in [0.2, 0.25) is 0 Å². The molecule has 0 spiro atoms. The van der Waals surface area contributed by atoms with Crippen molar-refractivity contribution in [1.82, 2.24) is 9.97 Å². The summed E-state index contributed by atoms with van der Waals surface area (Å²) in [6, 6.07) is 0. The monoisotopic (exact) mass is 289 g/mol. The van der Waals surface area contributed by atoms with E-state index in [9.17, 15) is 0 Å². The van der Waals surface area contributed by atoms with E-state index in [2.05, 4.69) is 29.1 Å². The van der Waals surface area contributed by atoms with Gasteiger partial charge in [-0.25, -0.2) is 9.97 Å². The third-order valence-corrected chi connectivity index (χ3v) is 4.38. The Morgan fingerprint density at radius 3 is 2.67 bits per heavy atom. The van der Waals surface area contributed by atoms with Gasteiger partial charge in [-0.15, -0.1) is 0 Å². The van der Waals surface area contributed by atoms with Crippen LogP contribution in [0.5, 0.6) is 0 Å². The molecule has 0 fully saturated rings. The van der Waals surface area contributed by atoms with Crippen molar-refractivity contribution in [3.05, 3.63) is 17.6 Å². The standard InChI is InChI=1S/C18H31N3/c1-15(2)10-6-3-4-9-13-19-18-16-11-7-5-8-12-17(16)20-14-21-18/h14-15H,3-13H2,1-2H3,(H,19,20,21). The summed E-state index contributed by atoms with van der Waals surface area (Å²) < 4.78 is 0. The second-order valence-electron chi connectivity index (χ2n) is 6.73.